The largest absolute Gasteiger partial charge is 0.361 e. The molecule has 1 aromatic heterocycles. The van der Waals surface area contributed by atoms with E-state index >= 15 is 0 Å². The van der Waals surface area contributed by atoms with Gasteiger partial charge in [0.2, 0.25) is 0 Å². The normalized spacial score (nSPS) is 11.2. The lowest BCUT2D eigenvalue weighted by atomic mass is 10.1. The fourth-order valence-corrected chi connectivity index (χ4v) is 1.38. The van der Waals surface area contributed by atoms with Crippen molar-refractivity contribution in [2.24, 2.45) is 0 Å². The Kier molecular flexibility index (Phi) is 6.11. The summed E-state index contributed by atoms with van der Waals surface area (Å²) in [6.07, 6.45) is 1.18. The lowest BCUT2D eigenvalue weighted by Crippen LogP contribution is -2.27. The van der Waals surface area contributed by atoms with Gasteiger partial charge < -0.3 is 15.2 Å². The van der Waals surface area contributed by atoms with Crippen molar-refractivity contribution >= 4 is 0 Å². The summed E-state index contributed by atoms with van der Waals surface area (Å²) in [6, 6.07) is 2.02. The molecule has 0 fully saturated rings. The average Bonchev–Trinajstić information content (AvgIpc) is 2.72. The van der Waals surface area contributed by atoms with Gasteiger partial charge in [-0.2, -0.15) is 0 Å². The van der Waals surface area contributed by atoms with Crippen molar-refractivity contribution in [2.75, 3.05) is 19.6 Å². The first-order chi connectivity index (χ1) is 7.74. The maximum Gasteiger partial charge on any atom is 0.139 e. The molecule has 2 N–H and O–H groups in total. The molecular weight excluding hydrogens is 202 g/mol. The SMILES string of the molecule is CCCNCCNCc1cc(C(C)C)on1. The summed E-state index contributed by atoms with van der Waals surface area (Å²) in [5.74, 6) is 1.37. The van der Waals surface area contributed by atoms with Gasteiger partial charge >= 0.3 is 0 Å². The zero-order valence-corrected chi connectivity index (χ0v) is 10.5. The van der Waals surface area contributed by atoms with Crippen molar-refractivity contribution in [1.82, 2.24) is 15.8 Å². The van der Waals surface area contributed by atoms with Crippen LogP contribution in [-0.4, -0.2) is 24.8 Å². The fourth-order valence-electron chi connectivity index (χ4n) is 1.38. The van der Waals surface area contributed by atoms with Gasteiger partial charge in [0.15, 0.2) is 0 Å². The summed E-state index contributed by atoms with van der Waals surface area (Å²) < 4.78 is 5.22. The molecule has 0 radical (unpaired) electrons. The molecule has 0 unspecified atom stereocenters. The molecule has 1 rings (SSSR count). The van der Waals surface area contributed by atoms with Crippen LogP contribution in [0.3, 0.4) is 0 Å². The van der Waals surface area contributed by atoms with Crippen LogP contribution in [0.2, 0.25) is 0 Å². The number of hydrogen-bond acceptors (Lipinski definition) is 4. The zero-order chi connectivity index (χ0) is 11.8. The third-order valence-electron chi connectivity index (χ3n) is 2.36. The molecule has 0 aliphatic heterocycles. The van der Waals surface area contributed by atoms with Crippen LogP contribution < -0.4 is 10.6 Å². The van der Waals surface area contributed by atoms with E-state index < -0.39 is 0 Å². The van der Waals surface area contributed by atoms with Crippen LogP contribution in [0.5, 0.6) is 0 Å². The van der Waals surface area contributed by atoms with E-state index in [1.54, 1.807) is 0 Å². The van der Waals surface area contributed by atoms with Crippen molar-refractivity contribution in [3.63, 3.8) is 0 Å². The number of aromatic nitrogens is 1. The molecule has 0 spiro atoms. The molecule has 0 amide bonds. The Morgan fingerprint density at radius 3 is 2.62 bits per heavy atom. The summed E-state index contributed by atoms with van der Waals surface area (Å²) in [7, 11) is 0. The Balaban J connectivity index is 2.12. The van der Waals surface area contributed by atoms with E-state index in [2.05, 4.69) is 36.6 Å². The third-order valence-corrected chi connectivity index (χ3v) is 2.36. The van der Waals surface area contributed by atoms with Crippen LogP contribution in [0.4, 0.5) is 0 Å². The standard InChI is InChI=1S/C12H23N3O/c1-4-5-13-6-7-14-9-11-8-12(10(2)3)16-15-11/h8,10,13-14H,4-7,9H2,1-3H3. The quantitative estimate of drug-likeness (QED) is 0.663. The van der Waals surface area contributed by atoms with Gasteiger partial charge in [-0.3, -0.25) is 0 Å². The van der Waals surface area contributed by atoms with E-state index in [0.29, 0.717) is 5.92 Å². The molecule has 16 heavy (non-hydrogen) atoms. The molecule has 0 bridgehead atoms. The summed E-state index contributed by atoms with van der Waals surface area (Å²) >= 11 is 0. The molecule has 0 aliphatic carbocycles. The molecule has 1 heterocycles. The van der Waals surface area contributed by atoms with Gasteiger partial charge in [-0.1, -0.05) is 25.9 Å². The lowest BCUT2D eigenvalue weighted by molar-refractivity contribution is 0.364. The maximum absolute atomic E-state index is 5.22. The van der Waals surface area contributed by atoms with E-state index in [4.69, 9.17) is 4.52 Å². The van der Waals surface area contributed by atoms with Crippen LogP contribution in [0, 0.1) is 0 Å². The third kappa shape index (κ3) is 4.77. The molecular formula is C12H23N3O. The van der Waals surface area contributed by atoms with Crippen LogP contribution >= 0.6 is 0 Å². The fraction of sp³-hybridized carbons (Fsp3) is 0.750. The van der Waals surface area contributed by atoms with Gasteiger partial charge in [0.1, 0.15) is 5.76 Å². The van der Waals surface area contributed by atoms with Gasteiger partial charge in [-0.25, -0.2) is 0 Å². The zero-order valence-electron chi connectivity index (χ0n) is 10.5. The van der Waals surface area contributed by atoms with E-state index in [0.717, 1.165) is 37.6 Å². The summed E-state index contributed by atoms with van der Waals surface area (Å²) in [5, 5.41) is 10.7. The second-order valence-corrected chi connectivity index (χ2v) is 4.30. The maximum atomic E-state index is 5.22. The van der Waals surface area contributed by atoms with Crippen molar-refractivity contribution in [3.8, 4) is 0 Å². The Morgan fingerprint density at radius 1 is 1.25 bits per heavy atom. The number of nitrogens with zero attached hydrogens (tertiary/aromatic N) is 1. The number of rotatable bonds is 8. The van der Waals surface area contributed by atoms with Gasteiger partial charge in [-0.05, 0) is 13.0 Å². The molecule has 0 aromatic carbocycles. The second-order valence-electron chi connectivity index (χ2n) is 4.30. The van der Waals surface area contributed by atoms with Crippen molar-refractivity contribution in [1.29, 1.82) is 0 Å². The first kappa shape index (κ1) is 13.2. The lowest BCUT2D eigenvalue weighted by Gasteiger charge is -2.03. The minimum atomic E-state index is 0.410. The van der Waals surface area contributed by atoms with Crippen molar-refractivity contribution in [3.05, 3.63) is 17.5 Å². The highest BCUT2D eigenvalue weighted by Crippen LogP contribution is 2.14. The Labute approximate surface area is 97.8 Å². The van der Waals surface area contributed by atoms with Gasteiger partial charge in [0.05, 0.1) is 5.69 Å². The Hall–Kier alpha value is -0.870. The molecule has 0 saturated carbocycles. The highest BCUT2D eigenvalue weighted by Gasteiger charge is 2.06. The molecule has 0 aliphatic rings. The Morgan fingerprint density at radius 2 is 2.00 bits per heavy atom. The van der Waals surface area contributed by atoms with Crippen LogP contribution in [0.25, 0.3) is 0 Å². The average molecular weight is 225 g/mol. The van der Waals surface area contributed by atoms with E-state index in [9.17, 15) is 0 Å². The highest BCUT2D eigenvalue weighted by atomic mass is 16.5. The molecule has 0 atom stereocenters. The predicted molar refractivity (Wildman–Crippen MR) is 65.5 cm³/mol. The van der Waals surface area contributed by atoms with E-state index in [1.807, 2.05) is 6.07 Å². The molecule has 4 nitrogen and oxygen atoms in total. The van der Waals surface area contributed by atoms with Crippen LogP contribution in [-0.2, 0) is 6.54 Å². The minimum Gasteiger partial charge on any atom is -0.361 e. The molecule has 4 heteroatoms. The summed E-state index contributed by atoms with van der Waals surface area (Å²) in [4.78, 5) is 0. The first-order valence-electron chi connectivity index (χ1n) is 6.11. The van der Waals surface area contributed by atoms with E-state index in [-0.39, 0.29) is 0 Å². The van der Waals surface area contributed by atoms with Gasteiger partial charge in [-0.15, -0.1) is 0 Å². The topological polar surface area (TPSA) is 50.1 Å². The van der Waals surface area contributed by atoms with Gasteiger partial charge in [0.25, 0.3) is 0 Å². The second kappa shape index (κ2) is 7.41. The van der Waals surface area contributed by atoms with Gasteiger partial charge in [0, 0.05) is 31.6 Å². The molecule has 92 valence electrons. The van der Waals surface area contributed by atoms with Crippen molar-refractivity contribution < 1.29 is 4.52 Å². The Bertz CT molecular complexity index is 284. The summed E-state index contributed by atoms with van der Waals surface area (Å²) in [6.45, 7) is 10.2. The van der Waals surface area contributed by atoms with Crippen molar-refractivity contribution in [2.45, 2.75) is 39.7 Å². The minimum absolute atomic E-state index is 0.410. The van der Waals surface area contributed by atoms with Crippen LogP contribution in [0.15, 0.2) is 10.6 Å². The first-order valence-corrected chi connectivity index (χ1v) is 6.11. The highest BCUT2D eigenvalue weighted by molar-refractivity contribution is 5.08. The summed E-state index contributed by atoms with van der Waals surface area (Å²) in [5.41, 5.74) is 0.985. The number of hydrogen-bond donors (Lipinski definition) is 2. The number of nitrogens with one attached hydrogen (secondary N) is 2. The molecule has 1 aromatic rings. The molecule has 0 saturated heterocycles. The van der Waals surface area contributed by atoms with E-state index in [1.165, 1.54) is 6.42 Å². The van der Waals surface area contributed by atoms with Crippen LogP contribution in [0.1, 0.15) is 44.6 Å². The predicted octanol–water partition coefficient (Wildman–Crippen LogP) is 1.89. The smallest absolute Gasteiger partial charge is 0.139 e. The monoisotopic (exact) mass is 225 g/mol.